The van der Waals surface area contributed by atoms with Crippen molar-refractivity contribution in [1.29, 1.82) is 0 Å². The molecule has 0 unspecified atom stereocenters. The van der Waals surface area contributed by atoms with Crippen LogP contribution in [0.2, 0.25) is 5.02 Å². The molecular weight excluding hydrogens is 286 g/mol. The van der Waals surface area contributed by atoms with Gasteiger partial charge in [0.2, 0.25) is 0 Å². The fourth-order valence-corrected chi connectivity index (χ4v) is 2.62. The van der Waals surface area contributed by atoms with Crippen molar-refractivity contribution >= 4 is 11.6 Å². The van der Waals surface area contributed by atoms with Crippen LogP contribution in [0.1, 0.15) is 23.9 Å². The van der Waals surface area contributed by atoms with Crippen LogP contribution in [-0.2, 0) is 19.6 Å². The molecular formula is C16H22ClN3O. The summed E-state index contributed by atoms with van der Waals surface area (Å²) in [6, 6.07) is 10.2. The lowest BCUT2D eigenvalue weighted by Gasteiger charge is -2.22. The Hall–Kier alpha value is -1.36. The Morgan fingerprint density at radius 2 is 1.95 bits per heavy atom. The van der Waals surface area contributed by atoms with E-state index in [-0.39, 0.29) is 6.61 Å². The van der Waals surface area contributed by atoms with Crippen LogP contribution in [0.15, 0.2) is 30.3 Å². The van der Waals surface area contributed by atoms with Gasteiger partial charge in [-0.15, -0.1) is 0 Å². The Bertz CT molecular complexity index is 568. The zero-order valence-corrected chi connectivity index (χ0v) is 13.3. The minimum Gasteiger partial charge on any atom is -0.395 e. The van der Waals surface area contributed by atoms with Crippen LogP contribution in [-0.4, -0.2) is 32.9 Å². The van der Waals surface area contributed by atoms with Crippen molar-refractivity contribution in [1.82, 2.24) is 14.7 Å². The smallest absolute Gasteiger partial charge is 0.0860 e. The molecule has 1 aromatic heterocycles. The average molecular weight is 308 g/mol. The number of hydrogen-bond donors (Lipinski definition) is 1. The lowest BCUT2D eigenvalue weighted by molar-refractivity contribution is 0.181. The molecule has 0 aliphatic carbocycles. The Kier molecular flexibility index (Phi) is 5.79. The first-order valence-electron chi connectivity index (χ1n) is 7.24. The maximum Gasteiger partial charge on any atom is 0.0860 e. The molecule has 114 valence electrons. The second kappa shape index (κ2) is 7.59. The monoisotopic (exact) mass is 307 g/mol. The zero-order valence-electron chi connectivity index (χ0n) is 12.6. The highest BCUT2D eigenvalue weighted by molar-refractivity contribution is 6.31. The van der Waals surface area contributed by atoms with Gasteiger partial charge in [0.05, 0.1) is 23.0 Å². The molecule has 0 radical (unpaired) electrons. The molecule has 0 amide bonds. The standard InChI is InChI=1S/C16H22ClN3O/c1-3-20-15(16(17)13(2)18-20)12-19(9-10-21)11-14-7-5-4-6-8-14/h4-8,21H,3,9-12H2,1-2H3. The van der Waals surface area contributed by atoms with Gasteiger partial charge in [-0.25, -0.2) is 0 Å². The van der Waals surface area contributed by atoms with E-state index in [1.54, 1.807) is 0 Å². The highest BCUT2D eigenvalue weighted by Crippen LogP contribution is 2.22. The van der Waals surface area contributed by atoms with Gasteiger partial charge in [-0.1, -0.05) is 41.9 Å². The molecule has 1 N–H and O–H groups in total. The van der Waals surface area contributed by atoms with Gasteiger partial charge in [0.25, 0.3) is 0 Å². The van der Waals surface area contributed by atoms with Gasteiger partial charge in [-0.05, 0) is 19.4 Å². The average Bonchev–Trinajstić information content (AvgIpc) is 2.76. The van der Waals surface area contributed by atoms with Crippen molar-refractivity contribution in [2.45, 2.75) is 33.5 Å². The van der Waals surface area contributed by atoms with Crippen LogP contribution in [0.5, 0.6) is 0 Å². The third kappa shape index (κ3) is 4.06. The molecule has 4 nitrogen and oxygen atoms in total. The number of benzene rings is 1. The van der Waals surface area contributed by atoms with Crippen LogP contribution in [0, 0.1) is 6.92 Å². The Balaban J connectivity index is 2.16. The normalized spacial score (nSPS) is 11.3. The molecule has 0 fully saturated rings. The van der Waals surface area contributed by atoms with Gasteiger partial charge >= 0.3 is 0 Å². The van der Waals surface area contributed by atoms with Crippen LogP contribution in [0.4, 0.5) is 0 Å². The number of aryl methyl sites for hydroxylation is 2. The Labute approximate surface area is 131 Å². The fourth-order valence-electron chi connectivity index (χ4n) is 2.43. The zero-order chi connectivity index (χ0) is 15.2. The largest absolute Gasteiger partial charge is 0.395 e. The quantitative estimate of drug-likeness (QED) is 0.855. The van der Waals surface area contributed by atoms with E-state index in [1.807, 2.05) is 29.8 Å². The van der Waals surface area contributed by atoms with Gasteiger partial charge in [0.15, 0.2) is 0 Å². The van der Waals surface area contributed by atoms with Crippen molar-refractivity contribution in [2.24, 2.45) is 0 Å². The molecule has 0 saturated carbocycles. The number of halogens is 1. The van der Waals surface area contributed by atoms with E-state index in [0.29, 0.717) is 13.1 Å². The molecule has 2 rings (SSSR count). The van der Waals surface area contributed by atoms with E-state index >= 15 is 0 Å². The molecule has 5 heteroatoms. The second-order valence-electron chi connectivity index (χ2n) is 5.08. The number of aromatic nitrogens is 2. The van der Waals surface area contributed by atoms with Gasteiger partial charge in [0.1, 0.15) is 0 Å². The van der Waals surface area contributed by atoms with Crippen LogP contribution in [0.25, 0.3) is 0 Å². The summed E-state index contributed by atoms with van der Waals surface area (Å²) in [5.74, 6) is 0. The Morgan fingerprint density at radius 1 is 1.24 bits per heavy atom. The van der Waals surface area contributed by atoms with Gasteiger partial charge in [-0.2, -0.15) is 5.10 Å². The summed E-state index contributed by atoms with van der Waals surface area (Å²) in [5, 5.41) is 14.5. The first kappa shape index (κ1) is 16.0. The van der Waals surface area contributed by atoms with E-state index in [4.69, 9.17) is 11.6 Å². The highest BCUT2D eigenvalue weighted by atomic mass is 35.5. The molecule has 0 aliphatic heterocycles. The summed E-state index contributed by atoms with van der Waals surface area (Å²) >= 11 is 6.37. The molecule has 1 heterocycles. The lowest BCUT2D eigenvalue weighted by atomic mass is 10.2. The van der Waals surface area contributed by atoms with E-state index < -0.39 is 0 Å². The van der Waals surface area contributed by atoms with Crippen LogP contribution in [0.3, 0.4) is 0 Å². The number of aliphatic hydroxyl groups is 1. The van der Waals surface area contributed by atoms with E-state index in [0.717, 1.165) is 29.5 Å². The van der Waals surface area contributed by atoms with Crippen molar-refractivity contribution in [3.8, 4) is 0 Å². The van der Waals surface area contributed by atoms with Crippen molar-refractivity contribution in [3.05, 3.63) is 52.3 Å². The molecule has 0 spiro atoms. The topological polar surface area (TPSA) is 41.3 Å². The third-order valence-corrected chi connectivity index (χ3v) is 3.98. The first-order valence-corrected chi connectivity index (χ1v) is 7.62. The maximum absolute atomic E-state index is 9.30. The minimum absolute atomic E-state index is 0.129. The number of hydrogen-bond acceptors (Lipinski definition) is 3. The SMILES string of the molecule is CCn1nc(C)c(Cl)c1CN(CCO)Cc1ccccc1. The maximum atomic E-state index is 9.30. The fraction of sp³-hybridized carbons (Fsp3) is 0.438. The minimum atomic E-state index is 0.129. The number of aliphatic hydroxyl groups excluding tert-OH is 1. The van der Waals surface area contributed by atoms with Gasteiger partial charge in [0, 0.05) is 26.2 Å². The Morgan fingerprint density at radius 3 is 2.57 bits per heavy atom. The third-order valence-electron chi connectivity index (χ3n) is 3.49. The van der Waals surface area contributed by atoms with E-state index in [2.05, 4.69) is 29.1 Å². The van der Waals surface area contributed by atoms with Gasteiger partial charge in [-0.3, -0.25) is 9.58 Å². The number of rotatable bonds is 7. The summed E-state index contributed by atoms with van der Waals surface area (Å²) < 4.78 is 1.94. The summed E-state index contributed by atoms with van der Waals surface area (Å²) in [7, 11) is 0. The summed E-state index contributed by atoms with van der Waals surface area (Å²) in [5.41, 5.74) is 3.10. The van der Waals surface area contributed by atoms with E-state index in [1.165, 1.54) is 5.56 Å². The molecule has 0 atom stereocenters. The first-order chi connectivity index (χ1) is 10.2. The van der Waals surface area contributed by atoms with Crippen LogP contribution >= 0.6 is 11.6 Å². The lowest BCUT2D eigenvalue weighted by Crippen LogP contribution is -2.27. The molecule has 0 aliphatic rings. The second-order valence-corrected chi connectivity index (χ2v) is 5.46. The molecule has 21 heavy (non-hydrogen) atoms. The summed E-state index contributed by atoms with van der Waals surface area (Å²) in [4.78, 5) is 2.18. The molecule has 0 bridgehead atoms. The highest BCUT2D eigenvalue weighted by Gasteiger charge is 2.16. The van der Waals surface area contributed by atoms with Crippen molar-refractivity contribution < 1.29 is 5.11 Å². The predicted molar refractivity (Wildman–Crippen MR) is 85.3 cm³/mol. The summed E-state index contributed by atoms with van der Waals surface area (Å²) in [6.07, 6.45) is 0. The van der Waals surface area contributed by atoms with Gasteiger partial charge < -0.3 is 5.11 Å². The predicted octanol–water partition coefficient (Wildman–Crippen LogP) is 2.86. The molecule has 1 aromatic carbocycles. The summed E-state index contributed by atoms with van der Waals surface area (Å²) in [6.45, 7) is 6.98. The molecule has 0 saturated heterocycles. The van der Waals surface area contributed by atoms with Crippen LogP contribution < -0.4 is 0 Å². The molecule has 2 aromatic rings. The van der Waals surface area contributed by atoms with Crippen molar-refractivity contribution in [3.63, 3.8) is 0 Å². The number of nitrogens with zero attached hydrogens (tertiary/aromatic N) is 3. The van der Waals surface area contributed by atoms with E-state index in [9.17, 15) is 5.11 Å². The van der Waals surface area contributed by atoms with Crippen molar-refractivity contribution in [2.75, 3.05) is 13.2 Å².